The van der Waals surface area contributed by atoms with Gasteiger partial charge in [0, 0.05) is 36.6 Å². The Kier molecular flexibility index (Phi) is 7.37. The topological polar surface area (TPSA) is 102 Å². The number of nitro benzene ring substituents is 1. The van der Waals surface area contributed by atoms with Crippen molar-refractivity contribution in [3.63, 3.8) is 0 Å². The molecule has 1 fully saturated rings. The zero-order valence-electron chi connectivity index (χ0n) is 17.3. The van der Waals surface area contributed by atoms with E-state index in [2.05, 4.69) is 10.2 Å². The number of amides is 1. The van der Waals surface area contributed by atoms with Gasteiger partial charge in [0.1, 0.15) is 0 Å². The van der Waals surface area contributed by atoms with Gasteiger partial charge in [0.05, 0.1) is 10.5 Å². The average molecular weight is 423 g/mol. The first kappa shape index (κ1) is 22.0. The van der Waals surface area contributed by atoms with Crippen LogP contribution in [-0.2, 0) is 14.3 Å². The molecule has 0 radical (unpaired) electrons. The molecular formula is C23H25N3O5. The Morgan fingerprint density at radius 3 is 2.45 bits per heavy atom. The predicted molar refractivity (Wildman–Crippen MR) is 119 cm³/mol. The molecule has 162 valence electrons. The molecule has 1 atom stereocenters. The molecule has 0 unspecified atom stereocenters. The highest BCUT2D eigenvalue weighted by molar-refractivity contribution is 5.96. The lowest BCUT2D eigenvalue weighted by atomic mass is 10.1. The third kappa shape index (κ3) is 6.15. The summed E-state index contributed by atoms with van der Waals surface area (Å²) in [7, 11) is 0. The van der Waals surface area contributed by atoms with E-state index in [9.17, 15) is 19.7 Å². The van der Waals surface area contributed by atoms with E-state index in [1.165, 1.54) is 44.4 Å². The molecule has 1 N–H and O–H groups in total. The Morgan fingerprint density at radius 1 is 1.10 bits per heavy atom. The van der Waals surface area contributed by atoms with E-state index in [-0.39, 0.29) is 11.3 Å². The summed E-state index contributed by atoms with van der Waals surface area (Å²) < 4.78 is 5.11. The fraction of sp³-hybridized carbons (Fsp3) is 0.304. The SMILES string of the molecule is C[C@@H](OC(=O)/C=C/c1ccccc1[N+](=O)[O-])C(=O)Nc1ccc(N2CCCCC2)cc1. The summed E-state index contributed by atoms with van der Waals surface area (Å²) in [4.78, 5) is 37.2. The summed E-state index contributed by atoms with van der Waals surface area (Å²) in [5.74, 6) is -1.22. The normalized spacial score (nSPS) is 14.8. The van der Waals surface area contributed by atoms with Gasteiger partial charge in [-0.25, -0.2) is 4.79 Å². The van der Waals surface area contributed by atoms with Gasteiger partial charge in [-0.15, -0.1) is 0 Å². The molecule has 1 aliphatic rings. The van der Waals surface area contributed by atoms with Crippen LogP contribution in [0.4, 0.5) is 17.1 Å². The first-order valence-corrected chi connectivity index (χ1v) is 10.2. The van der Waals surface area contributed by atoms with Gasteiger partial charge in [-0.3, -0.25) is 14.9 Å². The van der Waals surface area contributed by atoms with Gasteiger partial charge < -0.3 is 15.0 Å². The minimum Gasteiger partial charge on any atom is -0.449 e. The third-order valence-corrected chi connectivity index (χ3v) is 5.05. The number of nitrogens with zero attached hydrogens (tertiary/aromatic N) is 2. The van der Waals surface area contributed by atoms with Gasteiger partial charge in [-0.05, 0) is 62.6 Å². The number of carbonyl (C=O) groups excluding carboxylic acids is 2. The lowest BCUT2D eigenvalue weighted by Gasteiger charge is -2.28. The first-order valence-electron chi connectivity index (χ1n) is 10.2. The Labute approximate surface area is 180 Å². The summed E-state index contributed by atoms with van der Waals surface area (Å²) in [6, 6.07) is 13.6. The van der Waals surface area contributed by atoms with Crippen LogP contribution >= 0.6 is 0 Å². The number of anilines is 2. The largest absolute Gasteiger partial charge is 0.449 e. The molecule has 0 aromatic heterocycles. The van der Waals surface area contributed by atoms with E-state index in [4.69, 9.17) is 4.74 Å². The standard InChI is InChI=1S/C23H25N3O5/c1-17(31-22(27)14-9-18-7-3-4-8-21(18)26(29)30)23(28)24-19-10-12-20(13-11-19)25-15-5-2-6-16-25/h3-4,7-14,17H,2,5-6,15-16H2,1H3,(H,24,28)/b14-9+/t17-/m1/s1. The molecule has 1 amide bonds. The molecule has 8 nitrogen and oxygen atoms in total. The molecule has 0 saturated carbocycles. The lowest BCUT2D eigenvalue weighted by molar-refractivity contribution is -0.385. The molecule has 1 saturated heterocycles. The second kappa shape index (κ2) is 10.4. The molecule has 1 heterocycles. The third-order valence-electron chi connectivity index (χ3n) is 5.05. The highest BCUT2D eigenvalue weighted by atomic mass is 16.6. The number of rotatable bonds is 7. The van der Waals surface area contributed by atoms with Crippen molar-refractivity contribution in [3.05, 3.63) is 70.3 Å². The first-order chi connectivity index (χ1) is 14.9. The van der Waals surface area contributed by atoms with Crippen molar-refractivity contribution in [2.45, 2.75) is 32.3 Å². The fourth-order valence-corrected chi connectivity index (χ4v) is 3.37. The number of para-hydroxylation sites is 1. The van der Waals surface area contributed by atoms with Crippen LogP contribution in [-0.4, -0.2) is 36.0 Å². The van der Waals surface area contributed by atoms with Gasteiger partial charge in [-0.2, -0.15) is 0 Å². The van der Waals surface area contributed by atoms with Gasteiger partial charge in [-0.1, -0.05) is 12.1 Å². The van der Waals surface area contributed by atoms with Crippen LogP contribution in [0.3, 0.4) is 0 Å². The zero-order valence-corrected chi connectivity index (χ0v) is 17.3. The number of ether oxygens (including phenoxy) is 1. The monoisotopic (exact) mass is 423 g/mol. The maximum absolute atomic E-state index is 12.3. The zero-order chi connectivity index (χ0) is 22.2. The van der Waals surface area contributed by atoms with E-state index < -0.39 is 22.9 Å². The molecule has 8 heteroatoms. The van der Waals surface area contributed by atoms with Crippen molar-refractivity contribution in [1.82, 2.24) is 0 Å². The number of hydrogen-bond donors (Lipinski definition) is 1. The van der Waals surface area contributed by atoms with Gasteiger partial charge in [0.15, 0.2) is 6.10 Å². The number of nitrogens with one attached hydrogen (secondary N) is 1. The summed E-state index contributed by atoms with van der Waals surface area (Å²) in [5, 5.41) is 13.7. The van der Waals surface area contributed by atoms with E-state index in [0.29, 0.717) is 5.69 Å². The van der Waals surface area contributed by atoms with Crippen LogP contribution in [0, 0.1) is 10.1 Å². The molecule has 2 aromatic rings. The van der Waals surface area contributed by atoms with E-state index in [1.807, 2.05) is 24.3 Å². The highest BCUT2D eigenvalue weighted by Crippen LogP contribution is 2.22. The van der Waals surface area contributed by atoms with E-state index >= 15 is 0 Å². The van der Waals surface area contributed by atoms with E-state index in [0.717, 1.165) is 24.9 Å². The maximum Gasteiger partial charge on any atom is 0.331 e. The highest BCUT2D eigenvalue weighted by Gasteiger charge is 2.18. The minimum atomic E-state index is -1.02. The second-order valence-electron chi connectivity index (χ2n) is 7.31. The van der Waals surface area contributed by atoms with Gasteiger partial charge >= 0.3 is 5.97 Å². The van der Waals surface area contributed by atoms with Crippen LogP contribution in [0.1, 0.15) is 31.7 Å². The van der Waals surface area contributed by atoms with Crippen LogP contribution < -0.4 is 10.2 Å². The number of carbonyl (C=O) groups is 2. The molecule has 1 aliphatic heterocycles. The van der Waals surface area contributed by atoms with Crippen molar-refractivity contribution in [2.24, 2.45) is 0 Å². The Balaban J connectivity index is 1.53. The Morgan fingerprint density at radius 2 is 1.77 bits per heavy atom. The second-order valence-corrected chi connectivity index (χ2v) is 7.31. The number of hydrogen-bond acceptors (Lipinski definition) is 6. The lowest BCUT2D eigenvalue weighted by Crippen LogP contribution is -2.30. The number of esters is 1. The minimum absolute atomic E-state index is 0.120. The van der Waals surface area contributed by atoms with Crippen molar-refractivity contribution >= 4 is 35.0 Å². The maximum atomic E-state index is 12.3. The van der Waals surface area contributed by atoms with Crippen molar-refractivity contribution < 1.29 is 19.2 Å². The Bertz CT molecular complexity index is 965. The van der Waals surface area contributed by atoms with E-state index in [1.54, 1.807) is 12.1 Å². The predicted octanol–water partition coefficient (Wildman–Crippen LogP) is 4.17. The molecule has 31 heavy (non-hydrogen) atoms. The fourth-order valence-electron chi connectivity index (χ4n) is 3.37. The summed E-state index contributed by atoms with van der Waals surface area (Å²) in [6.07, 6.45) is 4.98. The molecule has 0 spiro atoms. The number of nitro groups is 1. The quantitative estimate of drug-likeness (QED) is 0.310. The average Bonchev–Trinajstić information content (AvgIpc) is 2.79. The Hall–Kier alpha value is -3.68. The van der Waals surface area contributed by atoms with Crippen LogP contribution in [0.25, 0.3) is 6.08 Å². The molecule has 3 rings (SSSR count). The smallest absolute Gasteiger partial charge is 0.331 e. The number of benzene rings is 2. The summed E-state index contributed by atoms with van der Waals surface area (Å²) in [6.45, 7) is 3.55. The van der Waals surface area contributed by atoms with Crippen LogP contribution in [0.15, 0.2) is 54.6 Å². The van der Waals surface area contributed by atoms with Gasteiger partial charge in [0.25, 0.3) is 11.6 Å². The molecule has 2 aromatic carbocycles. The molecular weight excluding hydrogens is 398 g/mol. The van der Waals surface area contributed by atoms with Crippen LogP contribution in [0.5, 0.6) is 0 Å². The van der Waals surface area contributed by atoms with Gasteiger partial charge in [0.2, 0.25) is 0 Å². The number of piperidine rings is 1. The van der Waals surface area contributed by atoms with Crippen molar-refractivity contribution in [2.75, 3.05) is 23.3 Å². The summed E-state index contributed by atoms with van der Waals surface area (Å²) in [5.41, 5.74) is 1.89. The summed E-state index contributed by atoms with van der Waals surface area (Å²) >= 11 is 0. The molecule has 0 aliphatic carbocycles. The van der Waals surface area contributed by atoms with Crippen molar-refractivity contribution in [3.8, 4) is 0 Å². The van der Waals surface area contributed by atoms with Crippen molar-refractivity contribution in [1.29, 1.82) is 0 Å². The molecule has 0 bridgehead atoms. The van der Waals surface area contributed by atoms with Crippen LogP contribution in [0.2, 0.25) is 0 Å².